The molecule has 2 unspecified atom stereocenters. The van der Waals surface area contributed by atoms with Crippen LogP contribution in [-0.2, 0) is 4.79 Å². The number of carbonyl (C=O) groups is 1. The second-order valence-electron chi connectivity index (χ2n) is 5.43. The number of nitrogens with one attached hydrogen (secondary N) is 2. The van der Waals surface area contributed by atoms with Crippen LogP contribution >= 0.6 is 0 Å². The van der Waals surface area contributed by atoms with E-state index < -0.39 is 0 Å². The van der Waals surface area contributed by atoms with Gasteiger partial charge in [-0.15, -0.1) is 0 Å². The molecule has 2 rings (SSSR count). The van der Waals surface area contributed by atoms with Crippen molar-refractivity contribution in [2.45, 2.75) is 50.6 Å². The minimum Gasteiger partial charge on any atom is -0.352 e. The third kappa shape index (κ3) is 3.96. The van der Waals surface area contributed by atoms with Gasteiger partial charge in [-0.25, -0.2) is 0 Å². The van der Waals surface area contributed by atoms with Crippen molar-refractivity contribution in [3.05, 3.63) is 0 Å². The minimum absolute atomic E-state index is 0.212. The normalized spacial score (nSPS) is 30.5. The molecule has 2 aliphatic heterocycles. The van der Waals surface area contributed by atoms with Gasteiger partial charge in [-0.05, 0) is 45.8 Å². The van der Waals surface area contributed by atoms with Gasteiger partial charge in [0.1, 0.15) is 0 Å². The molecule has 0 saturated carbocycles. The van der Waals surface area contributed by atoms with Crippen LogP contribution in [0.1, 0.15) is 38.5 Å². The smallest absolute Gasteiger partial charge is 0.220 e. The molecule has 0 aromatic heterocycles. The van der Waals surface area contributed by atoms with Crippen LogP contribution in [0.15, 0.2) is 0 Å². The molecular formula is C13H25N3O. The molecule has 1 amide bonds. The number of hydrogen-bond donors (Lipinski definition) is 2. The second-order valence-corrected chi connectivity index (χ2v) is 5.43. The van der Waals surface area contributed by atoms with Gasteiger partial charge in [-0.1, -0.05) is 6.42 Å². The third-order valence-electron chi connectivity index (χ3n) is 4.05. The lowest BCUT2D eigenvalue weighted by molar-refractivity contribution is -0.119. The zero-order valence-electron chi connectivity index (χ0n) is 10.9. The first kappa shape index (κ1) is 12.8. The van der Waals surface area contributed by atoms with Crippen molar-refractivity contribution < 1.29 is 4.79 Å². The van der Waals surface area contributed by atoms with Gasteiger partial charge in [-0.2, -0.15) is 0 Å². The van der Waals surface area contributed by atoms with Crippen molar-refractivity contribution >= 4 is 5.91 Å². The van der Waals surface area contributed by atoms with E-state index in [4.69, 9.17) is 0 Å². The summed E-state index contributed by atoms with van der Waals surface area (Å²) in [6.07, 6.45) is 7.02. The van der Waals surface area contributed by atoms with Gasteiger partial charge >= 0.3 is 0 Å². The van der Waals surface area contributed by atoms with Crippen LogP contribution in [0.25, 0.3) is 0 Å². The molecular weight excluding hydrogens is 214 g/mol. The molecule has 98 valence electrons. The summed E-state index contributed by atoms with van der Waals surface area (Å²) in [5.74, 6) is 0.212. The highest BCUT2D eigenvalue weighted by Crippen LogP contribution is 2.17. The lowest BCUT2D eigenvalue weighted by Crippen LogP contribution is -2.40. The maximum atomic E-state index is 11.0. The summed E-state index contributed by atoms with van der Waals surface area (Å²) < 4.78 is 0. The monoisotopic (exact) mass is 239 g/mol. The Kier molecular flexibility index (Phi) is 4.80. The van der Waals surface area contributed by atoms with Gasteiger partial charge in [0, 0.05) is 25.0 Å². The molecule has 4 nitrogen and oxygen atoms in total. The molecule has 2 N–H and O–H groups in total. The summed E-state index contributed by atoms with van der Waals surface area (Å²) in [6, 6.07) is 1.13. The van der Waals surface area contributed by atoms with E-state index in [0.717, 1.165) is 25.6 Å². The highest BCUT2D eigenvalue weighted by molar-refractivity contribution is 5.78. The van der Waals surface area contributed by atoms with E-state index in [-0.39, 0.29) is 5.91 Å². The summed E-state index contributed by atoms with van der Waals surface area (Å²) in [5.41, 5.74) is 0. The van der Waals surface area contributed by atoms with E-state index in [9.17, 15) is 4.79 Å². The minimum atomic E-state index is 0.212. The first-order valence-electron chi connectivity index (χ1n) is 6.96. The van der Waals surface area contributed by atoms with Gasteiger partial charge < -0.3 is 15.5 Å². The number of piperidine rings is 1. The molecule has 0 aromatic carbocycles. The van der Waals surface area contributed by atoms with Crippen molar-refractivity contribution in [3.63, 3.8) is 0 Å². The number of likely N-dealkylation sites (tertiary alicyclic amines) is 1. The average molecular weight is 239 g/mol. The number of nitrogens with zero attached hydrogens (tertiary/aromatic N) is 1. The van der Waals surface area contributed by atoms with E-state index in [1.165, 1.54) is 32.2 Å². The fraction of sp³-hybridized carbons (Fsp3) is 0.923. The van der Waals surface area contributed by atoms with Crippen molar-refractivity contribution in [2.75, 3.05) is 26.7 Å². The highest BCUT2D eigenvalue weighted by Gasteiger charge is 2.21. The van der Waals surface area contributed by atoms with Crippen LogP contribution in [0.3, 0.4) is 0 Å². The lowest BCUT2D eigenvalue weighted by Gasteiger charge is -2.32. The maximum absolute atomic E-state index is 11.0. The van der Waals surface area contributed by atoms with Crippen LogP contribution in [0.4, 0.5) is 0 Å². The van der Waals surface area contributed by atoms with Crippen LogP contribution in [-0.4, -0.2) is 49.6 Å². The summed E-state index contributed by atoms with van der Waals surface area (Å²) in [4.78, 5) is 13.5. The molecule has 2 fully saturated rings. The van der Waals surface area contributed by atoms with Gasteiger partial charge in [0.2, 0.25) is 5.91 Å². The molecule has 0 spiro atoms. The Bertz CT molecular complexity index is 257. The van der Waals surface area contributed by atoms with E-state index in [2.05, 4.69) is 22.6 Å². The fourth-order valence-corrected chi connectivity index (χ4v) is 2.88. The van der Waals surface area contributed by atoms with Gasteiger partial charge in [0.25, 0.3) is 0 Å². The summed E-state index contributed by atoms with van der Waals surface area (Å²) in [7, 11) is 2.24. The topological polar surface area (TPSA) is 44.4 Å². The van der Waals surface area contributed by atoms with Crippen LogP contribution < -0.4 is 10.6 Å². The van der Waals surface area contributed by atoms with Crippen molar-refractivity contribution in [3.8, 4) is 0 Å². The Hall–Kier alpha value is -0.610. The highest BCUT2D eigenvalue weighted by atomic mass is 16.1. The fourth-order valence-electron chi connectivity index (χ4n) is 2.88. The Balaban J connectivity index is 1.55. The SMILES string of the molecule is CN1CCCCC1CCNCC1CCC(=O)N1. The van der Waals surface area contributed by atoms with E-state index in [0.29, 0.717) is 12.5 Å². The number of amides is 1. The van der Waals surface area contributed by atoms with Crippen LogP contribution in [0.2, 0.25) is 0 Å². The van der Waals surface area contributed by atoms with E-state index >= 15 is 0 Å². The van der Waals surface area contributed by atoms with Crippen molar-refractivity contribution in [1.82, 2.24) is 15.5 Å². The Morgan fingerprint density at radius 1 is 1.41 bits per heavy atom. The molecule has 0 bridgehead atoms. The van der Waals surface area contributed by atoms with Crippen molar-refractivity contribution in [2.24, 2.45) is 0 Å². The second kappa shape index (κ2) is 6.36. The zero-order valence-corrected chi connectivity index (χ0v) is 10.9. The Labute approximate surface area is 104 Å². The molecule has 2 saturated heterocycles. The number of rotatable bonds is 5. The first-order valence-corrected chi connectivity index (χ1v) is 6.96. The molecule has 2 aliphatic rings. The predicted octanol–water partition coefficient (Wildman–Crippen LogP) is 0.729. The van der Waals surface area contributed by atoms with E-state index in [1.54, 1.807) is 0 Å². The lowest BCUT2D eigenvalue weighted by atomic mass is 10.0. The summed E-state index contributed by atoms with van der Waals surface area (Å²) >= 11 is 0. The summed E-state index contributed by atoms with van der Waals surface area (Å²) in [5, 5.41) is 6.46. The first-order chi connectivity index (χ1) is 8.25. The number of carbonyl (C=O) groups excluding carboxylic acids is 1. The standard InChI is InChI=1S/C13H25N3O/c1-16-9-3-2-4-12(16)7-8-14-10-11-5-6-13(17)15-11/h11-12,14H,2-10H2,1H3,(H,15,17). The molecule has 17 heavy (non-hydrogen) atoms. The number of hydrogen-bond acceptors (Lipinski definition) is 3. The molecule has 0 radical (unpaired) electrons. The quantitative estimate of drug-likeness (QED) is 0.695. The van der Waals surface area contributed by atoms with Crippen LogP contribution in [0.5, 0.6) is 0 Å². The van der Waals surface area contributed by atoms with Crippen LogP contribution in [0, 0.1) is 0 Å². The molecule has 2 atom stereocenters. The third-order valence-corrected chi connectivity index (χ3v) is 4.05. The zero-order chi connectivity index (χ0) is 12.1. The molecule has 0 aromatic rings. The molecule has 4 heteroatoms. The van der Waals surface area contributed by atoms with Gasteiger partial charge in [0.05, 0.1) is 0 Å². The van der Waals surface area contributed by atoms with E-state index in [1.807, 2.05) is 0 Å². The largest absolute Gasteiger partial charge is 0.352 e. The maximum Gasteiger partial charge on any atom is 0.220 e. The Morgan fingerprint density at radius 3 is 3.00 bits per heavy atom. The molecule has 2 heterocycles. The van der Waals surface area contributed by atoms with Crippen molar-refractivity contribution in [1.29, 1.82) is 0 Å². The summed E-state index contributed by atoms with van der Waals surface area (Å²) in [6.45, 7) is 3.26. The average Bonchev–Trinajstić information content (AvgIpc) is 2.73. The van der Waals surface area contributed by atoms with Gasteiger partial charge in [0.15, 0.2) is 0 Å². The predicted molar refractivity (Wildman–Crippen MR) is 68.9 cm³/mol. The Morgan fingerprint density at radius 2 is 2.29 bits per heavy atom. The van der Waals surface area contributed by atoms with Gasteiger partial charge in [-0.3, -0.25) is 4.79 Å². The molecule has 0 aliphatic carbocycles.